The maximum atomic E-state index is 12.5. The van der Waals surface area contributed by atoms with Crippen LogP contribution < -0.4 is 21.9 Å². The highest BCUT2D eigenvalue weighted by Gasteiger charge is 2.30. The van der Waals surface area contributed by atoms with Crippen molar-refractivity contribution >= 4 is 33.4 Å². The van der Waals surface area contributed by atoms with Crippen molar-refractivity contribution in [2.24, 2.45) is 5.73 Å². The number of amides is 2. The van der Waals surface area contributed by atoms with E-state index in [4.69, 9.17) is 5.73 Å². The summed E-state index contributed by atoms with van der Waals surface area (Å²) in [6.07, 6.45) is 0.722. The van der Waals surface area contributed by atoms with E-state index in [2.05, 4.69) is 32.1 Å². The van der Waals surface area contributed by atoms with Crippen LogP contribution in [0.15, 0.2) is 53.0 Å². The van der Waals surface area contributed by atoms with E-state index in [9.17, 15) is 9.59 Å². The zero-order valence-corrected chi connectivity index (χ0v) is 15.0. The van der Waals surface area contributed by atoms with Crippen LogP contribution in [0.3, 0.4) is 0 Å². The minimum Gasteiger partial charge on any atom is -0.369 e. The number of hydrogen-bond acceptors (Lipinski definition) is 4. The molecule has 0 aliphatic carbocycles. The quantitative estimate of drug-likeness (QED) is 0.614. The Balaban J connectivity index is 1.65. The highest BCUT2D eigenvalue weighted by Crippen LogP contribution is 2.25. The molecule has 0 aromatic heterocycles. The van der Waals surface area contributed by atoms with E-state index in [1.165, 1.54) is 0 Å². The molecule has 130 valence electrons. The van der Waals surface area contributed by atoms with Crippen molar-refractivity contribution in [2.45, 2.75) is 24.9 Å². The first-order valence-corrected chi connectivity index (χ1v) is 8.76. The van der Waals surface area contributed by atoms with Crippen LogP contribution in [-0.4, -0.2) is 17.9 Å². The van der Waals surface area contributed by atoms with Gasteiger partial charge in [-0.05, 0) is 35.7 Å². The average molecular weight is 403 g/mol. The molecule has 3 rings (SSSR count). The molecular formula is C18H19BrN4O2. The van der Waals surface area contributed by atoms with Gasteiger partial charge in [-0.2, -0.15) is 0 Å². The topological polar surface area (TPSA) is 96.2 Å². The molecule has 0 saturated carbocycles. The van der Waals surface area contributed by atoms with Crippen LogP contribution in [0.4, 0.5) is 5.69 Å². The lowest BCUT2D eigenvalue weighted by Crippen LogP contribution is -2.39. The molecule has 2 atom stereocenters. The molecule has 2 amide bonds. The third-order valence-electron chi connectivity index (χ3n) is 4.13. The van der Waals surface area contributed by atoms with Crippen molar-refractivity contribution in [3.63, 3.8) is 0 Å². The molecule has 2 aromatic rings. The van der Waals surface area contributed by atoms with Gasteiger partial charge in [0.25, 0.3) is 0 Å². The SMILES string of the molecule is NC(=O)Cc1ccccc1NC(=O)C1CC(c2ccc(Br)cc2)NN1. The number of rotatable bonds is 5. The minimum absolute atomic E-state index is 0.0599. The Morgan fingerprint density at radius 3 is 2.56 bits per heavy atom. The molecule has 6 nitrogen and oxygen atoms in total. The molecule has 1 aliphatic heterocycles. The third kappa shape index (κ3) is 4.45. The maximum Gasteiger partial charge on any atom is 0.242 e. The van der Waals surface area contributed by atoms with Gasteiger partial charge in [-0.25, -0.2) is 10.9 Å². The molecule has 1 saturated heterocycles. The highest BCUT2D eigenvalue weighted by atomic mass is 79.9. The van der Waals surface area contributed by atoms with Crippen LogP contribution in [0.25, 0.3) is 0 Å². The smallest absolute Gasteiger partial charge is 0.242 e. The fraction of sp³-hybridized carbons (Fsp3) is 0.222. The van der Waals surface area contributed by atoms with E-state index < -0.39 is 5.91 Å². The molecule has 1 heterocycles. The van der Waals surface area contributed by atoms with Crippen LogP contribution >= 0.6 is 15.9 Å². The standard InChI is InChI=1S/C18H19BrN4O2/c19-13-7-5-11(6-8-13)15-10-16(23-22-15)18(25)21-14-4-2-1-3-12(14)9-17(20)24/h1-8,15-16,22-23H,9-10H2,(H2,20,24)(H,21,25). The number of anilines is 1. The Labute approximate surface area is 154 Å². The summed E-state index contributed by atoms with van der Waals surface area (Å²) in [7, 11) is 0. The average Bonchev–Trinajstić information content (AvgIpc) is 3.07. The van der Waals surface area contributed by atoms with E-state index >= 15 is 0 Å². The van der Waals surface area contributed by atoms with Gasteiger partial charge in [0.2, 0.25) is 11.8 Å². The van der Waals surface area contributed by atoms with Gasteiger partial charge in [0.05, 0.1) is 6.42 Å². The molecule has 0 radical (unpaired) electrons. The van der Waals surface area contributed by atoms with Crippen LogP contribution in [0.2, 0.25) is 0 Å². The first-order chi connectivity index (χ1) is 12.0. The summed E-state index contributed by atoms with van der Waals surface area (Å²) in [6, 6.07) is 14.9. The molecule has 7 heteroatoms. The lowest BCUT2D eigenvalue weighted by Gasteiger charge is -2.13. The largest absolute Gasteiger partial charge is 0.369 e. The first-order valence-electron chi connectivity index (χ1n) is 7.96. The third-order valence-corrected chi connectivity index (χ3v) is 4.66. The second kappa shape index (κ2) is 7.77. The summed E-state index contributed by atoms with van der Waals surface area (Å²) >= 11 is 3.42. The number of primary amides is 1. The number of benzene rings is 2. The highest BCUT2D eigenvalue weighted by molar-refractivity contribution is 9.10. The summed E-state index contributed by atoms with van der Waals surface area (Å²) in [5, 5.41) is 2.88. The van der Waals surface area contributed by atoms with E-state index in [-0.39, 0.29) is 24.4 Å². The van der Waals surface area contributed by atoms with Crippen LogP contribution in [0.5, 0.6) is 0 Å². The lowest BCUT2D eigenvalue weighted by atomic mass is 10.0. The zero-order chi connectivity index (χ0) is 17.8. The molecule has 0 spiro atoms. The van der Waals surface area contributed by atoms with Gasteiger partial charge in [0.1, 0.15) is 6.04 Å². The molecule has 5 N–H and O–H groups in total. The molecule has 2 unspecified atom stereocenters. The number of halogens is 1. The fourth-order valence-electron chi connectivity index (χ4n) is 2.85. The van der Waals surface area contributed by atoms with Gasteiger partial charge in [0.15, 0.2) is 0 Å². The molecule has 2 aromatic carbocycles. The van der Waals surface area contributed by atoms with Crippen molar-refractivity contribution in [1.82, 2.24) is 10.9 Å². The van der Waals surface area contributed by atoms with Gasteiger partial charge in [-0.3, -0.25) is 9.59 Å². The Morgan fingerprint density at radius 1 is 1.12 bits per heavy atom. The van der Waals surface area contributed by atoms with Gasteiger partial charge in [-0.15, -0.1) is 0 Å². The van der Waals surface area contributed by atoms with Crippen molar-refractivity contribution in [1.29, 1.82) is 0 Å². The maximum absolute atomic E-state index is 12.5. The van der Waals surface area contributed by atoms with Crippen molar-refractivity contribution in [2.75, 3.05) is 5.32 Å². The number of hydrogen-bond donors (Lipinski definition) is 4. The van der Waals surface area contributed by atoms with Crippen LogP contribution in [0, 0.1) is 0 Å². The number of carbonyl (C=O) groups is 2. The summed E-state index contributed by atoms with van der Waals surface area (Å²) in [6.45, 7) is 0. The summed E-state index contributed by atoms with van der Waals surface area (Å²) < 4.78 is 1.02. The zero-order valence-electron chi connectivity index (χ0n) is 13.5. The van der Waals surface area contributed by atoms with Crippen LogP contribution in [-0.2, 0) is 16.0 Å². The molecule has 0 bridgehead atoms. The van der Waals surface area contributed by atoms with Gasteiger partial charge < -0.3 is 11.1 Å². The van der Waals surface area contributed by atoms with Gasteiger partial charge in [0, 0.05) is 16.2 Å². The van der Waals surface area contributed by atoms with Crippen molar-refractivity contribution in [3.05, 3.63) is 64.1 Å². The predicted octanol–water partition coefficient (Wildman–Crippen LogP) is 2.02. The Bertz CT molecular complexity index is 779. The van der Waals surface area contributed by atoms with E-state index in [1.54, 1.807) is 12.1 Å². The molecule has 1 fully saturated rings. The fourth-order valence-corrected chi connectivity index (χ4v) is 3.11. The first kappa shape index (κ1) is 17.6. The van der Waals surface area contributed by atoms with E-state index in [1.807, 2.05) is 36.4 Å². The molecular weight excluding hydrogens is 384 g/mol. The predicted molar refractivity (Wildman–Crippen MR) is 99.5 cm³/mol. The van der Waals surface area contributed by atoms with E-state index in [0.717, 1.165) is 10.0 Å². The van der Waals surface area contributed by atoms with E-state index in [0.29, 0.717) is 17.7 Å². The molecule has 1 aliphatic rings. The number of nitrogens with one attached hydrogen (secondary N) is 3. The normalized spacial score (nSPS) is 19.6. The number of carbonyl (C=O) groups excluding carboxylic acids is 2. The van der Waals surface area contributed by atoms with Crippen LogP contribution in [0.1, 0.15) is 23.6 Å². The van der Waals surface area contributed by atoms with Gasteiger partial charge in [-0.1, -0.05) is 46.3 Å². The second-order valence-corrected chi connectivity index (χ2v) is 6.89. The Kier molecular flexibility index (Phi) is 5.47. The molecule has 25 heavy (non-hydrogen) atoms. The van der Waals surface area contributed by atoms with Crippen molar-refractivity contribution in [3.8, 4) is 0 Å². The minimum atomic E-state index is -0.433. The Hall–Kier alpha value is -2.22. The summed E-state index contributed by atoms with van der Waals surface area (Å²) in [5.74, 6) is -0.582. The number of nitrogens with two attached hydrogens (primary N) is 1. The Morgan fingerprint density at radius 2 is 1.84 bits per heavy atom. The lowest BCUT2D eigenvalue weighted by molar-refractivity contribution is -0.118. The summed E-state index contributed by atoms with van der Waals surface area (Å²) in [4.78, 5) is 23.7. The number of hydrazine groups is 1. The monoisotopic (exact) mass is 402 g/mol. The second-order valence-electron chi connectivity index (χ2n) is 5.97. The number of para-hydroxylation sites is 1. The van der Waals surface area contributed by atoms with Crippen molar-refractivity contribution < 1.29 is 9.59 Å². The van der Waals surface area contributed by atoms with Gasteiger partial charge >= 0.3 is 0 Å². The summed E-state index contributed by atoms with van der Waals surface area (Å²) in [5.41, 5.74) is 13.9.